The molecule has 100 valence electrons. The maximum Gasteiger partial charge on any atom is 0.238 e. The number of aryl methyl sites for hydroxylation is 1. The van der Waals surface area contributed by atoms with Crippen LogP contribution < -0.4 is 10.5 Å². The Kier molecular flexibility index (Phi) is 3.64. The van der Waals surface area contributed by atoms with E-state index in [1.165, 1.54) is 12.8 Å². The van der Waals surface area contributed by atoms with Crippen molar-refractivity contribution in [1.29, 1.82) is 0 Å². The molecule has 1 saturated carbocycles. The van der Waals surface area contributed by atoms with E-state index in [1.54, 1.807) is 18.2 Å². The second kappa shape index (κ2) is 4.90. The largest absolute Gasteiger partial charge is 0.382 e. The molecule has 4 nitrogen and oxygen atoms in total. The molecule has 0 saturated heterocycles. The van der Waals surface area contributed by atoms with Gasteiger partial charge in [-0.2, -0.15) is 0 Å². The Morgan fingerprint density at radius 3 is 2.67 bits per heavy atom. The predicted octanol–water partition coefficient (Wildman–Crippen LogP) is 2.24. The fourth-order valence-corrected chi connectivity index (χ4v) is 2.65. The highest BCUT2D eigenvalue weighted by Crippen LogP contribution is 2.34. The van der Waals surface area contributed by atoms with Gasteiger partial charge >= 0.3 is 0 Å². The minimum absolute atomic E-state index is 0.161. The molecule has 0 aromatic heterocycles. The van der Waals surface area contributed by atoms with Crippen LogP contribution in [0.5, 0.6) is 0 Å². The number of anilines is 1. The van der Waals surface area contributed by atoms with Crippen LogP contribution in [0.4, 0.5) is 5.69 Å². The van der Waals surface area contributed by atoms with E-state index in [0.29, 0.717) is 6.04 Å². The van der Waals surface area contributed by atoms with E-state index in [4.69, 9.17) is 5.14 Å². The molecule has 1 aliphatic rings. The summed E-state index contributed by atoms with van der Waals surface area (Å²) in [5.74, 6) is 0.842. The third kappa shape index (κ3) is 3.46. The Morgan fingerprint density at radius 2 is 2.11 bits per heavy atom. The predicted molar refractivity (Wildman–Crippen MR) is 73.0 cm³/mol. The number of hydrogen-bond acceptors (Lipinski definition) is 3. The van der Waals surface area contributed by atoms with Gasteiger partial charge < -0.3 is 5.32 Å². The molecule has 0 amide bonds. The summed E-state index contributed by atoms with van der Waals surface area (Å²) in [5.41, 5.74) is 1.89. The van der Waals surface area contributed by atoms with Crippen LogP contribution in [0.3, 0.4) is 0 Å². The van der Waals surface area contributed by atoms with Crippen LogP contribution >= 0.6 is 0 Å². The molecule has 5 heteroatoms. The highest BCUT2D eigenvalue weighted by Gasteiger charge is 2.23. The molecule has 3 N–H and O–H groups in total. The topological polar surface area (TPSA) is 72.2 Å². The molecule has 0 radical (unpaired) electrons. The molecule has 0 spiro atoms. The Labute approximate surface area is 109 Å². The lowest BCUT2D eigenvalue weighted by Gasteiger charge is -2.17. The van der Waals surface area contributed by atoms with Crippen molar-refractivity contribution in [3.05, 3.63) is 23.8 Å². The van der Waals surface area contributed by atoms with Gasteiger partial charge in [0.05, 0.1) is 4.90 Å². The average molecular weight is 268 g/mol. The molecule has 1 aliphatic carbocycles. The van der Waals surface area contributed by atoms with E-state index in [0.717, 1.165) is 23.6 Å². The van der Waals surface area contributed by atoms with Crippen LogP contribution in [0.25, 0.3) is 0 Å². The number of sulfonamides is 1. The summed E-state index contributed by atoms with van der Waals surface area (Å²) in [6.07, 6.45) is 3.78. The zero-order valence-electron chi connectivity index (χ0n) is 10.8. The highest BCUT2D eigenvalue weighted by atomic mass is 32.2. The summed E-state index contributed by atoms with van der Waals surface area (Å²) in [5, 5.41) is 8.52. The lowest BCUT2D eigenvalue weighted by molar-refractivity contribution is 0.597. The molecular weight excluding hydrogens is 248 g/mol. The van der Waals surface area contributed by atoms with Gasteiger partial charge in [0, 0.05) is 11.7 Å². The minimum atomic E-state index is -3.63. The van der Waals surface area contributed by atoms with Crippen molar-refractivity contribution < 1.29 is 8.42 Å². The van der Waals surface area contributed by atoms with Gasteiger partial charge in [-0.15, -0.1) is 0 Å². The normalized spacial score (nSPS) is 17.5. The number of nitrogens with one attached hydrogen (secondary N) is 1. The summed E-state index contributed by atoms with van der Waals surface area (Å²) in [7, 11) is -3.63. The molecule has 1 fully saturated rings. The van der Waals surface area contributed by atoms with E-state index in [-0.39, 0.29) is 4.90 Å². The Hall–Kier alpha value is -1.07. The molecule has 1 unspecified atom stereocenters. The number of rotatable bonds is 5. The van der Waals surface area contributed by atoms with Crippen molar-refractivity contribution in [2.24, 2.45) is 11.1 Å². The van der Waals surface area contributed by atoms with E-state index >= 15 is 0 Å². The van der Waals surface area contributed by atoms with Crippen molar-refractivity contribution in [3.63, 3.8) is 0 Å². The molecule has 1 atom stereocenters. The van der Waals surface area contributed by atoms with Crippen molar-refractivity contribution in [1.82, 2.24) is 0 Å². The third-order valence-electron chi connectivity index (χ3n) is 3.32. The number of primary sulfonamides is 1. The first-order valence-electron chi connectivity index (χ1n) is 6.26. The fraction of sp³-hybridized carbons (Fsp3) is 0.538. The molecule has 0 bridgehead atoms. The molecule has 2 rings (SSSR count). The van der Waals surface area contributed by atoms with Gasteiger partial charge in [-0.25, -0.2) is 13.6 Å². The van der Waals surface area contributed by atoms with Crippen molar-refractivity contribution in [2.75, 3.05) is 5.32 Å². The van der Waals surface area contributed by atoms with Gasteiger partial charge in [-0.3, -0.25) is 0 Å². The SMILES string of the molecule is Cc1ccc(S(N)(=O)=O)cc1NC(C)CC1CC1. The van der Waals surface area contributed by atoms with E-state index < -0.39 is 10.0 Å². The standard InChI is InChI=1S/C13H20N2O2S/c1-9-3-6-12(18(14,16)17)8-13(9)15-10(2)7-11-4-5-11/h3,6,8,10-11,15H,4-5,7H2,1-2H3,(H2,14,16,17). The first-order valence-corrected chi connectivity index (χ1v) is 7.81. The molecule has 1 aromatic carbocycles. The Balaban J connectivity index is 2.15. The summed E-state index contributed by atoms with van der Waals surface area (Å²) >= 11 is 0. The summed E-state index contributed by atoms with van der Waals surface area (Å²) < 4.78 is 22.6. The van der Waals surface area contributed by atoms with E-state index in [2.05, 4.69) is 12.2 Å². The molecule has 0 aliphatic heterocycles. The number of benzene rings is 1. The zero-order valence-corrected chi connectivity index (χ0v) is 11.6. The van der Waals surface area contributed by atoms with Crippen LogP contribution in [-0.4, -0.2) is 14.5 Å². The Bertz CT molecular complexity index is 536. The van der Waals surface area contributed by atoms with Crippen LogP contribution in [-0.2, 0) is 10.0 Å². The van der Waals surface area contributed by atoms with Crippen molar-refractivity contribution in [3.8, 4) is 0 Å². The van der Waals surface area contributed by atoms with Crippen LogP contribution in [0.15, 0.2) is 23.1 Å². The molecule has 0 heterocycles. The van der Waals surface area contributed by atoms with Gasteiger partial charge in [-0.1, -0.05) is 18.9 Å². The van der Waals surface area contributed by atoms with Gasteiger partial charge in [0.15, 0.2) is 0 Å². The van der Waals surface area contributed by atoms with Gasteiger partial charge in [0.2, 0.25) is 10.0 Å². The lowest BCUT2D eigenvalue weighted by Crippen LogP contribution is -2.18. The number of hydrogen-bond donors (Lipinski definition) is 2. The number of nitrogens with two attached hydrogens (primary N) is 1. The summed E-state index contributed by atoms with van der Waals surface area (Å²) in [4.78, 5) is 0.161. The zero-order chi connectivity index (χ0) is 13.3. The fourth-order valence-electron chi connectivity index (χ4n) is 2.11. The van der Waals surface area contributed by atoms with E-state index in [9.17, 15) is 8.42 Å². The van der Waals surface area contributed by atoms with Gasteiger partial charge in [0.25, 0.3) is 0 Å². The highest BCUT2D eigenvalue weighted by molar-refractivity contribution is 7.89. The maximum absolute atomic E-state index is 11.3. The monoisotopic (exact) mass is 268 g/mol. The van der Waals surface area contributed by atoms with Gasteiger partial charge in [-0.05, 0) is 43.9 Å². The van der Waals surface area contributed by atoms with Crippen LogP contribution in [0.1, 0.15) is 31.7 Å². The van der Waals surface area contributed by atoms with Crippen molar-refractivity contribution in [2.45, 2.75) is 44.0 Å². The average Bonchev–Trinajstić information content (AvgIpc) is 3.03. The summed E-state index contributed by atoms with van der Waals surface area (Å²) in [6.45, 7) is 4.08. The van der Waals surface area contributed by atoms with Gasteiger partial charge in [0.1, 0.15) is 0 Å². The Morgan fingerprint density at radius 1 is 1.44 bits per heavy atom. The third-order valence-corrected chi connectivity index (χ3v) is 4.23. The maximum atomic E-state index is 11.3. The van der Waals surface area contributed by atoms with Crippen LogP contribution in [0, 0.1) is 12.8 Å². The van der Waals surface area contributed by atoms with Crippen molar-refractivity contribution >= 4 is 15.7 Å². The lowest BCUT2D eigenvalue weighted by atomic mass is 10.1. The van der Waals surface area contributed by atoms with Crippen LogP contribution in [0.2, 0.25) is 0 Å². The summed E-state index contributed by atoms with van der Waals surface area (Å²) in [6, 6.07) is 5.30. The molecule has 1 aromatic rings. The molecule has 18 heavy (non-hydrogen) atoms. The smallest absolute Gasteiger partial charge is 0.238 e. The minimum Gasteiger partial charge on any atom is -0.382 e. The quantitative estimate of drug-likeness (QED) is 0.860. The second-order valence-electron chi connectivity index (χ2n) is 5.25. The first-order chi connectivity index (χ1) is 8.36. The van der Waals surface area contributed by atoms with E-state index in [1.807, 2.05) is 6.92 Å². The first kappa shape index (κ1) is 13.4. The second-order valence-corrected chi connectivity index (χ2v) is 6.81. The molecular formula is C13H20N2O2S.